The molecule has 11 heavy (non-hydrogen) atoms. The highest BCUT2D eigenvalue weighted by atomic mass is 16.1. The van der Waals surface area contributed by atoms with Crippen molar-refractivity contribution in [1.29, 1.82) is 5.41 Å². The number of benzene rings is 1. The second-order valence-electron chi connectivity index (χ2n) is 2.22. The van der Waals surface area contributed by atoms with E-state index in [4.69, 9.17) is 5.41 Å². The highest BCUT2D eigenvalue weighted by Crippen LogP contribution is 2.00. The Morgan fingerprint density at radius 3 is 2.55 bits per heavy atom. The second-order valence-corrected chi connectivity index (χ2v) is 2.22. The van der Waals surface area contributed by atoms with Crippen molar-refractivity contribution >= 4 is 12.0 Å². The lowest BCUT2D eigenvalue weighted by Crippen LogP contribution is -1.98. The second kappa shape index (κ2) is 3.66. The summed E-state index contributed by atoms with van der Waals surface area (Å²) >= 11 is 0. The zero-order chi connectivity index (χ0) is 8.10. The summed E-state index contributed by atoms with van der Waals surface area (Å²) < 4.78 is 0. The molecule has 0 bridgehead atoms. The van der Waals surface area contributed by atoms with Crippen molar-refractivity contribution in [3.05, 3.63) is 35.9 Å². The van der Waals surface area contributed by atoms with Gasteiger partial charge in [-0.25, -0.2) is 0 Å². The Labute approximate surface area is 65.4 Å². The molecule has 0 saturated heterocycles. The van der Waals surface area contributed by atoms with E-state index in [2.05, 4.69) is 0 Å². The van der Waals surface area contributed by atoms with Gasteiger partial charge in [0.05, 0.1) is 0 Å². The average molecular weight is 147 g/mol. The van der Waals surface area contributed by atoms with Crippen LogP contribution in [0.25, 0.3) is 0 Å². The Balaban J connectivity index is 2.77. The Bertz CT molecular complexity index is 254. The Morgan fingerprint density at radius 1 is 1.36 bits per heavy atom. The molecule has 1 N–H and O–H groups in total. The van der Waals surface area contributed by atoms with Crippen molar-refractivity contribution < 1.29 is 4.79 Å². The van der Waals surface area contributed by atoms with Gasteiger partial charge in [-0.05, 0) is 5.56 Å². The molecule has 1 aromatic carbocycles. The molecule has 1 rings (SSSR count). The van der Waals surface area contributed by atoms with Gasteiger partial charge in [0.2, 0.25) is 0 Å². The van der Waals surface area contributed by atoms with Gasteiger partial charge in [0.15, 0.2) is 0 Å². The van der Waals surface area contributed by atoms with Crippen molar-refractivity contribution in [3.8, 4) is 0 Å². The number of carbonyl (C=O) groups is 1. The molecule has 1 aromatic rings. The standard InChI is InChI=1S/C9H9NO/c10-9(6-7-11)8-4-2-1-3-5-8/h1-5,7,10H,6H2. The number of aldehydes is 1. The summed E-state index contributed by atoms with van der Waals surface area (Å²) in [5.74, 6) is 0. The summed E-state index contributed by atoms with van der Waals surface area (Å²) in [4.78, 5) is 10.0. The van der Waals surface area contributed by atoms with Gasteiger partial charge in [0, 0.05) is 12.1 Å². The minimum absolute atomic E-state index is 0.198. The molecule has 0 radical (unpaired) electrons. The number of hydrogen-bond acceptors (Lipinski definition) is 2. The third-order valence-electron chi connectivity index (χ3n) is 1.41. The van der Waals surface area contributed by atoms with Gasteiger partial charge >= 0.3 is 0 Å². The number of carbonyl (C=O) groups excluding carboxylic acids is 1. The Hall–Kier alpha value is -1.44. The molecule has 0 spiro atoms. The van der Waals surface area contributed by atoms with Crippen molar-refractivity contribution in [2.45, 2.75) is 6.42 Å². The van der Waals surface area contributed by atoms with Crippen LogP contribution >= 0.6 is 0 Å². The van der Waals surface area contributed by atoms with Gasteiger partial charge < -0.3 is 10.2 Å². The van der Waals surface area contributed by atoms with E-state index in [0.29, 0.717) is 5.71 Å². The first-order valence-electron chi connectivity index (χ1n) is 3.41. The van der Waals surface area contributed by atoms with Crippen LogP contribution in [0.3, 0.4) is 0 Å². The van der Waals surface area contributed by atoms with E-state index < -0.39 is 0 Å². The Kier molecular flexibility index (Phi) is 2.55. The molecule has 0 aliphatic rings. The van der Waals surface area contributed by atoms with Crippen LogP contribution < -0.4 is 0 Å². The average Bonchev–Trinajstić information content (AvgIpc) is 2.07. The molecule has 0 aliphatic heterocycles. The van der Waals surface area contributed by atoms with Crippen LogP contribution in [0, 0.1) is 5.41 Å². The molecule has 56 valence electrons. The van der Waals surface area contributed by atoms with E-state index >= 15 is 0 Å². The van der Waals surface area contributed by atoms with E-state index in [1.54, 1.807) is 0 Å². The summed E-state index contributed by atoms with van der Waals surface area (Å²) in [6.45, 7) is 0. The van der Waals surface area contributed by atoms with Crippen molar-refractivity contribution in [3.63, 3.8) is 0 Å². The fraction of sp³-hybridized carbons (Fsp3) is 0.111. The summed E-state index contributed by atoms with van der Waals surface area (Å²) in [6.07, 6.45) is 0.944. The summed E-state index contributed by atoms with van der Waals surface area (Å²) in [5.41, 5.74) is 1.19. The van der Waals surface area contributed by atoms with E-state index in [0.717, 1.165) is 11.8 Å². The van der Waals surface area contributed by atoms with Crippen LogP contribution in [0.15, 0.2) is 30.3 Å². The molecule has 2 heteroatoms. The maximum atomic E-state index is 10.0. The molecule has 0 unspecified atom stereocenters. The molecule has 0 atom stereocenters. The van der Waals surface area contributed by atoms with Crippen molar-refractivity contribution in [2.75, 3.05) is 0 Å². The predicted octanol–water partition coefficient (Wildman–Crippen LogP) is 1.64. The first kappa shape index (κ1) is 7.66. The van der Waals surface area contributed by atoms with E-state index in [9.17, 15) is 4.79 Å². The van der Waals surface area contributed by atoms with Crippen LogP contribution in [-0.2, 0) is 4.79 Å². The van der Waals surface area contributed by atoms with Crippen LogP contribution in [0.2, 0.25) is 0 Å². The van der Waals surface area contributed by atoms with Gasteiger partial charge in [-0.3, -0.25) is 0 Å². The van der Waals surface area contributed by atoms with Crippen molar-refractivity contribution in [2.24, 2.45) is 0 Å². The maximum absolute atomic E-state index is 10.0. The number of rotatable bonds is 3. The molecular weight excluding hydrogens is 138 g/mol. The molecule has 0 aliphatic carbocycles. The summed E-state index contributed by atoms with van der Waals surface area (Å²) in [5, 5.41) is 7.40. The monoisotopic (exact) mass is 147 g/mol. The van der Waals surface area contributed by atoms with Crippen molar-refractivity contribution in [1.82, 2.24) is 0 Å². The minimum atomic E-state index is 0.198. The van der Waals surface area contributed by atoms with E-state index in [-0.39, 0.29) is 6.42 Å². The first-order chi connectivity index (χ1) is 5.34. The zero-order valence-electron chi connectivity index (χ0n) is 6.08. The molecule has 0 heterocycles. The highest BCUT2D eigenvalue weighted by Gasteiger charge is 1.96. The molecule has 2 nitrogen and oxygen atoms in total. The topological polar surface area (TPSA) is 40.9 Å². The molecular formula is C9H9NO. The summed E-state index contributed by atoms with van der Waals surface area (Å²) in [7, 11) is 0. The SMILES string of the molecule is N=C(CC=O)c1ccccc1. The lowest BCUT2D eigenvalue weighted by Gasteiger charge is -1.96. The van der Waals surface area contributed by atoms with Gasteiger partial charge in [-0.15, -0.1) is 0 Å². The van der Waals surface area contributed by atoms with Crippen LogP contribution in [0.1, 0.15) is 12.0 Å². The van der Waals surface area contributed by atoms with Gasteiger partial charge in [0.1, 0.15) is 6.29 Å². The van der Waals surface area contributed by atoms with Gasteiger partial charge in [-0.1, -0.05) is 30.3 Å². The molecule has 0 fully saturated rings. The maximum Gasteiger partial charge on any atom is 0.125 e. The zero-order valence-corrected chi connectivity index (χ0v) is 6.08. The number of nitrogens with one attached hydrogen (secondary N) is 1. The normalized spacial score (nSPS) is 9.09. The fourth-order valence-corrected chi connectivity index (χ4v) is 0.841. The quantitative estimate of drug-likeness (QED) is 0.512. The molecule has 0 saturated carbocycles. The highest BCUT2D eigenvalue weighted by molar-refractivity contribution is 6.04. The summed E-state index contributed by atoms with van der Waals surface area (Å²) in [6, 6.07) is 9.25. The predicted molar refractivity (Wildman–Crippen MR) is 44.0 cm³/mol. The first-order valence-corrected chi connectivity index (χ1v) is 3.41. The fourth-order valence-electron chi connectivity index (χ4n) is 0.841. The molecule has 0 aromatic heterocycles. The van der Waals surface area contributed by atoms with E-state index in [1.807, 2.05) is 30.3 Å². The lowest BCUT2D eigenvalue weighted by atomic mass is 10.1. The number of hydrogen-bond donors (Lipinski definition) is 1. The minimum Gasteiger partial charge on any atom is -0.304 e. The largest absolute Gasteiger partial charge is 0.304 e. The smallest absolute Gasteiger partial charge is 0.125 e. The molecule has 0 amide bonds. The van der Waals surface area contributed by atoms with Gasteiger partial charge in [0.25, 0.3) is 0 Å². The van der Waals surface area contributed by atoms with Crippen LogP contribution in [0.4, 0.5) is 0 Å². The van der Waals surface area contributed by atoms with Crippen LogP contribution in [0.5, 0.6) is 0 Å². The third kappa shape index (κ3) is 2.00. The van der Waals surface area contributed by atoms with E-state index in [1.165, 1.54) is 0 Å². The van der Waals surface area contributed by atoms with Gasteiger partial charge in [-0.2, -0.15) is 0 Å². The lowest BCUT2D eigenvalue weighted by molar-refractivity contribution is -0.106. The Morgan fingerprint density at radius 2 is 2.00 bits per heavy atom. The third-order valence-corrected chi connectivity index (χ3v) is 1.41. The van der Waals surface area contributed by atoms with Crippen LogP contribution in [-0.4, -0.2) is 12.0 Å².